The quantitative estimate of drug-likeness (QED) is 0.506. The van der Waals surface area contributed by atoms with Gasteiger partial charge in [0.2, 0.25) is 10.0 Å². The number of benzene rings is 1. The van der Waals surface area contributed by atoms with Crippen LogP contribution in [0.15, 0.2) is 33.6 Å². The predicted octanol–water partition coefficient (Wildman–Crippen LogP) is 4.53. The molecule has 4 rings (SSSR count). The number of aryl methyl sites for hydroxylation is 3. The molecule has 0 atom stereocenters. The number of thiophene rings is 1. The van der Waals surface area contributed by atoms with Crippen LogP contribution in [0.5, 0.6) is 0 Å². The first kappa shape index (κ1) is 21.7. The molecule has 0 bridgehead atoms. The highest BCUT2D eigenvalue weighted by Crippen LogP contribution is 2.35. The summed E-state index contributed by atoms with van der Waals surface area (Å²) in [6.07, 6.45) is 1.84. The molecular formula is C21H25BrN4O2S2. The van der Waals surface area contributed by atoms with E-state index in [1.165, 1.54) is 10.4 Å². The molecule has 0 saturated carbocycles. The molecule has 6 nitrogen and oxygen atoms in total. The summed E-state index contributed by atoms with van der Waals surface area (Å²) in [4.78, 5) is 14.5. The van der Waals surface area contributed by atoms with Crippen LogP contribution in [0, 0.1) is 13.8 Å². The normalized spacial score (nSPS) is 15.8. The molecule has 0 unspecified atom stereocenters. The summed E-state index contributed by atoms with van der Waals surface area (Å²) in [5.41, 5.74) is 1.22. The molecule has 3 heterocycles. The Morgan fingerprint density at radius 2 is 1.73 bits per heavy atom. The van der Waals surface area contributed by atoms with Crippen molar-refractivity contribution >= 4 is 53.3 Å². The second kappa shape index (κ2) is 8.53. The van der Waals surface area contributed by atoms with E-state index in [1.807, 2.05) is 0 Å². The van der Waals surface area contributed by atoms with Crippen LogP contribution in [0.4, 0.5) is 5.82 Å². The Kier molecular flexibility index (Phi) is 6.16. The highest BCUT2D eigenvalue weighted by atomic mass is 79.9. The maximum Gasteiger partial charge on any atom is 0.243 e. The van der Waals surface area contributed by atoms with Crippen LogP contribution in [-0.4, -0.2) is 48.9 Å². The van der Waals surface area contributed by atoms with Crippen LogP contribution in [-0.2, 0) is 16.4 Å². The smallest absolute Gasteiger partial charge is 0.243 e. The van der Waals surface area contributed by atoms with Crippen LogP contribution in [0.3, 0.4) is 0 Å². The van der Waals surface area contributed by atoms with Crippen LogP contribution < -0.4 is 4.90 Å². The Labute approximate surface area is 190 Å². The van der Waals surface area contributed by atoms with E-state index in [0.717, 1.165) is 39.2 Å². The van der Waals surface area contributed by atoms with E-state index < -0.39 is 10.0 Å². The van der Waals surface area contributed by atoms with Gasteiger partial charge in [-0.1, -0.05) is 22.9 Å². The summed E-state index contributed by atoms with van der Waals surface area (Å²) in [6.45, 7) is 8.47. The molecule has 30 heavy (non-hydrogen) atoms. The van der Waals surface area contributed by atoms with Gasteiger partial charge in [-0.15, -0.1) is 11.3 Å². The first-order valence-corrected chi connectivity index (χ1v) is 13.1. The lowest BCUT2D eigenvalue weighted by molar-refractivity contribution is 0.384. The van der Waals surface area contributed by atoms with E-state index in [4.69, 9.17) is 9.97 Å². The van der Waals surface area contributed by atoms with E-state index in [-0.39, 0.29) is 0 Å². The first-order chi connectivity index (χ1) is 14.3. The monoisotopic (exact) mass is 508 g/mol. The number of rotatable bonds is 5. The number of aromatic nitrogens is 2. The van der Waals surface area contributed by atoms with Crippen molar-refractivity contribution in [3.05, 3.63) is 45.0 Å². The number of nitrogens with zero attached hydrogens (tertiary/aromatic N) is 4. The molecule has 0 N–H and O–H groups in total. The third-order valence-corrected chi connectivity index (χ3v) is 9.06. The second-order valence-corrected chi connectivity index (χ2v) is 11.6. The van der Waals surface area contributed by atoms with Gasteiger partial charge >= 0.3 is 0 Å². The third-order valence-electron chi connectivity index (χ3n) is 5.52. The van der Waals surface area contributed by atoms with Gasteiger partial charge in [-0.05, 0) is 50.1 Å². The van der Waals surface area contributed by atoms with Gasteiger partial charge in [0.1, 0.15) is 16.5 Å². The lowest BCUT2D eigenvalue weighted by atomic mass is 10.2. The number of hydrogen-bond acceptors (Lipinski definition) is 6. The minimum Gasteiger partial charge on any atom is -0.353 e. The van der Waals surface area contributed by atoms with Crippen molar-refractivity contribution in [2.24, 2.45) is 0 Å². The average Bonchev–Trinajstić information content (AvgIpc) is 3.02. The van der Waals surface area contributed by atoms with Crippen LogP contribution >= 0.6 is 27.3 Å². The molecule has 2 aromatic heterocycles. The maximum atomic E-state index is 13.0. The highest BCUT2D eigenvalue weighted by molar-refractivity contribution is 9.10. The van der Waals surface area contributed by atoms with Crippen LogP contribution in [0.2, 0.25) is 0 Å². The summed E-state index contributed by atoms with van der Waals surface area (Å²) in [6, 6.07) is 6.82. The lowest BCUT2D eigenvalue weighted by Crippen LogP contribution is -2.49. The zero-order valence-electron chi connectivity index (χ0n) is 17.4. The fourth-order valence-electron chi connectivity index (χ4n) is 3.73. The van der Waals surface area contributed by atoms with Crippen molar-refractivity contribution in [1.29, 1.82) is 0 Å². The molecule has 9 heteroatoms. The van der Waals surface area contributed by atoms with Gasteiger partial charge in [0.05, 0.1) is 10.3 Å². The molecule has 1 aliphatic heterocycles. The molecule has 1 fully saturated rings. The molecule has 0 radical (unpaired) electrons. The highest BCUT2D eigenvalue weighted by Gasteiger charge is 2.30. The van der Waals surface area contributed by atoms with E-state index in [0.29, 0.717) is 31.1 Å². The molecule has 3 aromatic rings. The minimum atomic E-state index is -3.49. The van der Waals surface area contributed by atoms with E-state index in [9.17, 15) is 8.42 Å². The number of sulfonamides is 1. The van der Waals surface area contributed by atoms with Gasteiger partial charge in [0.25, 0.3) is 0 Å². The largest absolute Gasteiger partial charge is 0.353 e. The van der Waals surface area contributed by atoms with Crippen LogP contribution in [0.1, 0.15) is 29.6 Å². The number of anilines is 1. The fourth-order valence-corrected chi connectivity index (χ4v) is 6.46. The van der Waals surface area contributed by atoms with E-state index in [2.05, 4.69) is 41.6 Å². The number of halogens is 1. The Bertz CT molecular complexity index is 1170. The Balaban J connectivity index is 1.61. The van der Waals surface area contributed by atoms with Crippen molar-refractivity contribution in [2.45, 2.75) is 38.5 Å². The Morgan fingerprint density at radius 1 is 1.07 bits per heavy atom. The molecule has 0 aliphatic carbocycles. The Hall–Kier alpha value is -1.55. The lowest BCUT2D eigenvalue weighted by Gasteiger charge is -2.35. The van der Waals surface area contributed by atoms with Crippen molar-refractivity contribution in [3.8, 4) is 0 Å². The van der Waals surface area contributed by atoms with Crippen LogP contribution in [0.25, 0.3) is 10.2 Å². The SMILES string of the molecule is CCCc1nc(N2CCN(S(=O)(=O)c3ccc(Br)cc3)CC2)c2c(C)c(C)sc2n1. The van der Waals surface area contributed by atoms with Gasteiger partial charge in [0, 0.05) is 41.9 Å². The summed E-state index contributed by atoms with van der Waals surface area (Å²) in [7, 11) is -3.49. The second-order valence-electron chi connectivity index (χ2n) is 7.52. The molecule has 1 aliphatic rings. The zero-order valence-corrected chi connectivity index (χ0v) is 20.6. The molecular weight excluding hydrogens is 484 g/mol. The fraction of sp³-hybridized carbons (Fsp3) is 0.429. The van der Waals surface area contributed by atoms with Gasteiger partial charge in [-0.3, -0.25) is 0 Å². The van der Waals surface area contributed by atoms with E-state index in [1.54, 1.807) is 39.9 Å². The Morgan fingerprint density at radius 3 is 2.37 bits per heavy atom. The number of fused-ring (bicyclic) bond motifs is 1. The molecule has 160 valence electrons. The zero-order chi connectivity index (χ0) is 21.5. The molecule has 1 aromatic carbocycles. The topological polar surface area (TPSA) is 66.4 Å². The summed E-state index contributed by atoms with van der Waals surface area (Å²) >= 11 is 5.07. The molecule has 0 spiro atoms. The van der Waals surface area contributed by atoms with Gasteiger partial charge in [0.15, 0.2) is 0 Å². The summed E-state index contributed by atoms with van der Waals surface area (Å²) in [5, 5.41) is 1.11. The third kappa shape index (κ3) is 4.00. The minimum absolute atomic E-state index is 0.332. The van der Waals surface area contributed by atoms with Gasteiger partial charge < -0.3 is 4.90 Å². The van der Waals surface area contributed by atoms with Crippen molar-refractivity contribution in [2.75, 3.05) is 31.1 Å². The molecule has 1 saturated heterocycles. The molecule has 0 amide bonds. The summed E-state index contributed by atoms with van der Waals surface area (Å²) < 4.78 is 28.5. The van der Waals surface area contributed by atoms with Crippen molar-refractivity contribution in [3.63, 3.8) is 0 Å². The summed E-state index contributed by atoms with van der Waals surface area (Å²) in [5.74, 6) is 1.82. The average molecular weight is 509 g/mol. The standard InChI is InChI=1S/C21H25BrN4O2S2/c1-4-5-18-23-20(19-14(2)15(3)29-21(19)24-18)25-10-12-26(13-11-25)30(27,28)17-8-6-16(22)7-9-17/h6-9H,4-5,10-13H2,1-3H3. The van der Waals surface area contributed by atoms with Crippen molar-refractivity contribution in [1.82, 2.24) is 14.3 Å². The van der Waals surface area contributed by atoms with E-state index >= 15 is 0 Å². The number of hydrogen-bond donors (Lipinski definition) is 0. The predicted molar refractivity (Wildman–Crippen MR) is 126 cm³/mol. The maximum absolute atomic E-state index is 13.0. The van der Waals surface area contributed by atoms with Gasteiger partial charge in [-0.25, -0.2) is 18.4 Å². The van der Waals surface area contributed by atoms with Crippen molar-refractivity contribution < 1.29 is 8.42 Å². The first-order valence-electron chi connectivity index (χ1n) is 10.1. The van der Waals surface area contributed by atoms with Gasteiger partial charge in [-0.2, -0.15) is 4.31 Å². The number of piperazine rings is 1.